The second-order valence-electron chi connectivity index (χ2n) is 5.83. The Bertz CT molecular complexity index is 336. The van der Waals surface area contributed by atoms with E-state index in [-0.39, 0.29) is 18.9 Å². The zero-order valence-corrected chi connectivity index (χ0v) is 11.7. The molecular weight excluding hydrogens is 248 g/mol. The average molecular weight is 272 g/mol. The predicted octanol–water partition coefficient (Wildman–Crippen LogP) is 0.502. The summed E-state index contributed by atoms with van der Waals surface area (Å²) in [5.74, 6) is -0.949. The van der Waals surface area contributed by atoms with Crippen molar-refractivity contribution in [2.45, 2.75) is 45.1 Å². The molecule has 1 aliphatic rings. The van der Waals surface area contributed by atoms with Crippen LogP contribution in [0.2, 0.25) is 0 Å². The highest BCUT2D eigenvalue weighted by Crippen LogP contribution is 2.30. The molecule has 110 valence electrons. The number of hydrogen-bond acceptors (Lipinski definition) is 4. The van der Waals surface area contributed by atoms with Crippen molar-refractivity contribution in [1.82, 2.24) is 5.32 Å². The molecule has 1 heterocycles. The van der Waals surface area contributed by atoms with Crippen molar-refractivity contribution in [2.75, 3.05) is 19.8 Å². The second kappa shape index (κ2) is 6.34. The Morgan fingerprint density at radius 1 is 1.37 bits per heavy atom. The van der Waals surface area contributed by atoms with Gasteiger partial charge in [-0.3, -0.25) is 9.59 Å². The third-order valence-electron chi connectivity index (χ3n) is 3.74. The molecule has 6 nitrogen and oxygen atoms in total. The molecule has 6 heteroatoms. The largest absolute Gasteiger partial charge is 0.481 e. The van der Waals surface area contributed by atoms with E-state index in [1.165, 1.54) is 0 Å². The quantitative estimate of drug-likeness (QED) is 0.653. The minimum absolute atomic E-state index is 0.0337. The maximum absolute atomic E-state index is 12.4. The van der Waals surface area contributed by atoms with Gasteiger partial charge in [0.25, 0.3) is 0 Å². The van der Waals surface area contributed by atoms with E-state index < -0.39 is 16.9 Å². The van der Waals surface area contributed by atoms with Crippen molar-refractivity contribution in [3.63, 3.8) is 0 Å². The second-order valence-corrected chi connectivity index (χ2v) is 5.83. The third-order valence-corrected chi connectivity index (χ3v) is 3.74. The van der Waals surface area contributed by atoms with E-state index in [1.54, 1.807) is 0 Å². The lowest BCUT2D eigenvalue weighted by Gasteiger charge is -2.38. The van der Waals surface area contributed by atoms with Gasteiger partial charge in [0.05, 0.1) is 5.41 Å². The predicted molar refractivity (Wildman–Crippen MR) is 70.6 cm³/mol. The number of rotatable bonds is 6. The normalized spacial score (nSPS) is 18.9. The zero-order valence-electron chi connectivity index (χ0n) is 11.7. The van der Waals surface area contributed by atoms with Gasteiger partial charge in [0.15, 0.2) is 0 Å². The number of hydrogen-bond donors (Lipinski definition) is 3. The maximum atomic E-state index is 12.4. The summed E-state index contributed by atoms with van der Waals surface area (Å²) in [6, 6.07) is 0. The van der Waals surface area contributed by atoms with Gasteiger partial charge in [0.1, 0.15) is 0 Å². The van der Waals surface area contributed by atoms with Gasteiger partial charge in [0.2, 0.25) is 5.91 Å². The van der Waals surface area contributed by atoms with E-state index in [2.05, 4.69) is 5.32 Å². The Morgan fingerprint density at radius 2 is 1.95 bits per heavy atom. The number of nitrogens with two attached hydrogens (primary N) is 1. The molecule has 0 saturated carbocycles. The SMILES string of the molecule is CC(C)(CCC(=O)O)NC(=O)C1(CN)CCOCC1. The highest BCUT2D eigenvalue weighted by molar-refractivity contribution is 5.83. The van der Waals surface area contributed by atoms with E-state index in [4.69, 9.17) is 15.6 Å². The lowest BCUT2D eigenvalue weighted by molar-refractivity contribution is -0.140. The summed E-state index contributed by atoms with van der Waals surface area (Å²) in [5, 5.41) is 11.6. The van der Waals surface area contributed by atoms with E-state index in [1.807, 2.05) is 13.8 Å². The lowest BCUT2D eigenvalue weighted by Crippen LogP contribution is -2.55. The third kappa shape index (κ3) is 4.47. The number of ether oxygens (including phenoxy) is 1. The Kier molecular flexibility index (Phi) is 5.31. The molecule has 1 saturated heterocycles. The summed E-state index contributed by atoms with van der Waals surface area (Å²) in [5.41, 5.74) is 4.65. The number of carboxylic acid groups (broad SMARTS) is 1. The van der Waals surface area contributed by atoms with E-state index in [0.717, 1.165) is 0 Å². The minimum atomic E-state index is -0.859. The Labute approximate surface area is 113 Å². The molecule has 0 aromatic carbocycles. The van der Waals surface area contributed by atoms with Gasteiger partial charge in [0, 0.05) is 31.7 Å². The van der Waals surface area contributed by atoms with Crippen LogP contribution in [-0.2, 0) is 14.3 Å². The minimum Gasteiger partial charge on any atom is -0.481 e. The molecule has 1 amide bonds. The smallest absolute Gasteiger partial charge is 0.303 e. The number of carbonyl (C=O) groups excluding carboxylic acids is 1. The van der Waals surface area contributed by atoms with Gasteiger partial charge < -0.3 is 20.9 Å². The Balaban J connectivity index is 2.63. The van der Waals surface area contributed by atoms with Crippen LogP contribution in [0.1, 0.15) is 39.5 Å². The standard InChI is InChI=1S/C13H24N2O4/c1-12(2,4-3-10(16)17)15-11(18)13(9-14)5-7-19-8-6-13/h3-9,14H2,1-2H3,(H,15,18)(H,16,17). The van der Waals surface area contributed by atoms with Crippen molar-refractivity contribution in [2.24, 2.45) is 11.1 Å². The molecule has 1 aliphatic heterocycles. The lowest BCUT2D eigenvalue weighted by atomic mass is 9.78. The highest BCUT2D eigenvalue weighted by Gasteiger charge is 2.40. The van der Waals surface area contributed by atoms with E-state index >= 15 is 0 Å². The van der Waals surface area contributed by atoms with Crippen LogP contribution < -0.4 is 11.1 Å². The highest BCUT2D eigenvalue weighted by atomic mass is 16.5. The summed E-state index contributed by atoms with van der Waals surface area (Å²) in [7, 11) is 0. The first-order valence-electron chi connectivity index (χ1n) is 6.64. The molecule has 0 atom stereocenters. The summed E-state index contributed by atoms with van der Waals surface area (Å²) in [6.45, 7) is 5.03. The van der Waals surface area contributed by atoms with Crippen LogP contribution in [0, 0.1) is 5.41 Å². The molecule has 0 unspecified atom stereocenters. The fourth-order valence-electron chi connectivity index (χ4n) is 2.21. The average Bonchev–Trinajstić information content (AvgIpc) is 2.37. The summed E-state index contributed by atoms with van der Waals surface area (Å²) >= 11 is 0. The molecule has 0 bridgehead atoms. The van der Waals surface area contributed by atoms with Crippen LogP contribution in [0.15, 0.2) is 0 Å². The fourth-order valence-corrected chi connectivity index (χ4v) is 2.21. The fraction of sp³-hybridized carbons (Fsp3) is 0.846. The molecule has 0 aromatic heterocycles. The number of amides is 1. The van der Waals surface area contributed by atoms with Gasteiger partial charge in [-0.1, -0.05) is 0 Å². The zero-order chi connectivity index (χ0) is 14.5. The molecule has 0 spiro atoms. The van der Waals surface area contributed by atoms with Crippen LogP contribution in [0.5, 0.6) is 0 Å². The Hall–Kier alpha value is -1.14. The van der Waals surface area contributed by atoms with Crippen molar-refractivity contribution in [3.05, 3.63) is 0 Å². The molecule has 0 aromatic rings. The van der Waals surface area contributed by atoms with Gasteiger partial charge >= 0.3 is 5.97 Å². The molecule has 1 fully saturated rings. The van der Waals surface area contributed by atoms with Crippen LogP contribution in [0.3, 0.4) is 0 Å². The molecular formula is C13H24N2O4. The van der Waals surface area contributed by atoms with Crippen molar-refractivity contribution < 1.29 is 19.4 Å². The number of nitrogens with one attached hydrogen (secondary N) is 1. The number of carbonyl (C=O) groups is 2. The Morgan fingerprint density at radius 3 is 2.42 bits per heavy atom. The molecule has 0 aliphatic carbocycles. The maximum Gasteiger partial charge on any atom is 0.303 e. The first-order chi connectivity index (χ1) is 8.81. The van der Waals surface area contributed by atoms with Gasteiger partial charge in [-0.15, -0.1) is 0 Å². The van der Waals surface area contributed by atoms with Crippen LogP contribution in [-0.4, -0.2) is 42.3 Å². The van der Waals surface area contributed by atoms with Gasteiger partial charge in [-0.05, 0) is 33.1 Å². The molecule has 4 N–H and O–H groups in total. The summed E-state index contributed by atoms with van der Waals surface area (Å²) in [4.78, 5) is 23.0. The number of carboxylic acids is 1. The van der Waals surface area contributed by atoms with E-state index in [0.29, 0.717) is 32.5 Å². The molecule has 0 radical (unpaired) electrons. The van der Waals surface area contributed by atoms with E-state index in [9.17, 15) is 9.59 Å². The topological polar surface area (TPSA) is 102 Å². The van der Waals surface area contributed by atoms with Crippen LogP contribution >= 0.6 is 0 Å². The monoisotopic (exact) mass is 272 g/mol. The first-order valence-corrected chi connectivity index (χ1v) is 6.64. The van der Waals surface area contributed by atoms with Gasteiger partial charge in [-0.2, -0.15) is 0 Å². The first kappa shape index (κ1) is 15.9. The van der Waals surface area contributed by atoms with Crippen molar-refractivity contribution >= 4 is 11.9 Å². The van der Waals surface area contributed by atoms with Crippen molar-refractivity contribution in [3.8, 4) is 0 Å². The van der Waals surface area contributed by atoms with Crippen molar-refractivity contribution in [1.29, 1.82) is 0 Å². The number of aliphatic carboxylic acids is 1. The summed E-state index contributed by atoms with van der Waals surface area (Å²) < 4.78 is 5.27. The van der Waals surface area contributed by atoms with Crippen LogP contribution in [0.4, 0.5) is 0 Å². The summed E-state index contributed by atoms with van der Waals surface area (Å²) in [6.07, 6.45) is 1.66. The van der Waals surface area contributed by atoms with Gasteiger partial charge in [-0.25, -0.2) is 0 Å². The molecule has 19 heavy (non-hydrogen) atoms. The van der Waals surface area contributed by atoms with Crippen LogP contribution in [0.25, 0.3) is 0 Å². The molecule has 1 rings (SSSR count).